The van der Waals surface area contributed by atoms with E-state index in [0.717, 1.165) is 58.6 Å². The Kier molecular flexibility index (Phi) is 7.11. The van der Waals surface area contributed by atoms with Gasteiger partial charge in [0.25, 0.3) is 0 Å². The topological polar surface area (TPSA) is 32.8 Å². The number of ether oxygens (including phenoxy) is 1. The van der Waals surface area contributed by atoms with Gasteiger partial charge in [-0.3, -0.25) is 9.69 Å². The second-order valence-electron chi connectivity index (χ2n) is 5.82. The summed E-state index contributed by atoms with van der Waals surface area (Å²) in [5.74, 6) is 0.955. The maximum Gasteiger partial charge on any atom is 0.222 e. The van der Waals surface area contributed by atoms with Crippen LogP contribution in [0, 0.1) is 0 Å². The lowest BCUT2D eigenvalue weighted by Crippen LogP contribution is -2.37. The van der Waals surface area contributed by atoms with Crippen LogP contribution in [-0.2, 0) is 9.53 Å². The van der Waals surface area contributed by atoms with Crippen LogP contribution in [0.25, 0.3) is 0 Å². The molecule has 2 aliphatic rings. The Labute approximate surface area is 127 Å². The number of nitrogens with zero attached hydrogens (tertiary/aromatic N) is 2. The summed E-state index contributed by atoms with van der Waals surface area (Å²) in [4.78, 5) is 16.6. The molecule has 20 heavy (non-hydrogen) atoms. The molecule has 0 aromatic carbocycles. The van der Waals surface area contributed by atoms with Crippen molar-refractivity contribution in [2.75, 3.05) is 45.2 Å². The largest absolute Gasteiger partial charge is 0.377 e. The highest BCUT2D eigenvalue weighted by Crippen LogP contribution is 2.15. The van der Waals surface area contributed by atoms with Gasteiger partial charge in [0.2, 0.25) is 5.91 Å². The summed E-state index contributed by atoms with van der Waals surface area (Å²) >= 11 is 5.65. The van der Waals surface area contributed by atoms with E-state index in [2.05, 4.69) is 4.90 Å². The average Bonchev–Trinajstić information content (AvgIpc) is 2.84. The van der Waals surface area contributed by atoms with Crippen molar-refractivity contribution in [1.29, 1.82) is 0 Å². The molecule has 1 amide bonds. The molecule has 0 aliphatic carbocycles. The molecule has 0 bridgehead atoms. The lowest BCUT2D eigenvalue weighted by atomic mass is 10.2. The van der Waals surface area contributed by atoms with Gasteiger partial charge in [0.05, 0.1) is 6.10 Å². The fourth-order valence-corrected chi connectivity index (χ4v) is 3.20. The van der Waals surface area contributed by atoms with Crippen molar-refractivity contribution in [3.8, 4) is 0 Å². The summed E-state index contributed by atoms with van der Waals surface area (Å²) in [6.07, 6.45) is 6.39. The Morgan fingerprint density at radius 3 is 2.80 bits per heavy atom. The molecule has 2 fully saturated rings. The van der Waals surface area contributed by atoms with E-state index in [9.17, 15) is 4.79 Å². The highest BCUT2D eigenvalue weighted by atomic mass is 35.5. The van der Waals surface area contributed by atoms with Crippen LogP contribution in [-0.4, -0.2) is 67.0 Å². The molecule has 1 atom stereocenters. The number of hydrogen-bond acceptors (Lipinski definition) is 3. The minimum Gasteiger partial charge on any atom is -0.377 e. The number of unbranched alkanes of at least 4 members (excludes halogenated alkanes) is 1. The van der Waals surface area contributed by atoms with Crippen LogP contribution in [0.5, 0.6) is 0 Å². The van der Waals surface area contributed by atoms with Gasteiger partial charge in [-0.25, -0.2) is 0 Å². The molecule has 0 spiro atoms. The van der Waals surface area contributed by atoms with E-state index in [-0.39, 0.29) is 0 Å². The third-order valence-electron chi connectivity index (χ3n) is 4.20. The van der Waals surface area contributed by atoms with Crippen molar-refractivity contribution >= 4 is 17.5 Å². The molecular weight excluding hydrogens is 276 g/mol. The van der Waals surface area contributed by atoms with E-state index < -0.39 is 0 Å². The third kappa shape index (κ3) is 5.23. The van der Waals surface area contributed by atoms with Crippen molar-refractivity contribution < 1.29 is 9.53 Å². The van der Waals surface area contributed by atoms with Gasteiger partial charge in [0.1, 0.15) is 0 Å². The first-order valence-electron chi connectivity index (χ1n) is 7.97. The number of halogens is 1. The van der Waals surface area contributed by atoms with E-state index in [1.165, 1.54) is 12.8 Å². The van der Waals surface area contributed by atoms with Gasteiger partial charge in [-0.2, -0.15) is 0 Å². The Hall–Kier alpha value is -0.320. The second kappa shape index (κ2) is 8.85. The molecule has 5 heteroatoms. The van der Waals surface area contributed by atoms with Gasteiger partial charge in [-0.05, 0) is 38.6 Å². The maximum absolute atomic E-state index is 12.1. The average molecular weight is 303 g/mol. The minimum absolute atomic E-state index is 0.300. The van der Waals surface area contributed by atoms with Crippen molar-refractivity contribution in [2.24, 2.45) is 0 Å². The number of carbonyl (C=O) groups is 1. The lowest BCUT2D eigenvalue weighted by Gasteiger charge is -2.24. The Morgan fingerprint density at radius 1 is 1.15 bits per heavy atom. The zero-order valence-corrected chi connectivity index (χ0v) is 13.1. The third-order valence-corrected chi connectivity index (χ3v) is 4.47. The summed E-state index contributed by atoms with van der Waals surface area (Å²) in [6.45, 7) is 5.80. The summed E-state index contributed by atoms with van der Waals surface area (Å²) in [5.41, 5.74) is 0. The Morgan fingerprint density at radius 2 is 2.05 bits per heavy atom. The minimum atomic E-state index is 0.300. The zero-order valence-electron chi connectivity index (χ0n) is 12.4. The first kappa shape index (κ1) is 16.1. The lowest BCUT2D eigenvalue weighted by molar-refractivity contribution is -0.131. The van der Waals surface area contributed by atoms with Crippen molar-refractivity contribution in [3.05, 3.63) is 0 Å². The number of alkyl halides is 1. The zero-order chi connectivity index (χ0) is 14.2. The summed E-state index contributed by atoms with van der Waals surface area (Å²) in [5, 5.41) is 0. The van der Waals surface area contributed by atoms with Crippen molar-refractivity contribution in [3.63, 3.8) is 0 Å². The second-order valence-corrected chi connectivity index (χ2v) is 6.19. The standard InChI is InChI=1S/C15H27ClN2O2/c16-7-2-1-6-15(19)18-9-4-8-17(10-11-18)13-14-5-3-12-20-14/h14H,1-13H2. The highest BCUT2D eigenvalue weighted by molar-refractivity contribution is 6.17. The van der Waals surface area contributed by atoms with Crippen LogP contribution in [0.15, 0.2) is 0 Å². The van der Waals surface area contributed by atoms with Crippen LogP contribution in [0.1, 0.15) is 38.5 Å². The van der Waals surface area contributed by atoms with Gasteiger partial charge in [-0.1, -0.05) is 0 Å². The van der Waals surface area contributed by atoms with Crippen molar-refractivity contribution in [2.45, 2.75) is 44.6 Å². The Bertz CT molecular complexity index is 296. The van der Waals surface area contributed by atoms with Crippen LogP contribution in [0.3, 0.4) is 0 Å². The number of amides is 1. The molecule has 2 aliphatic heterocycles. The van der Waals surface area contributed by atoms with Gasteiger partial charge in [0.15, 0.2) is 0 Å². The van der Waals surface area contributed by atoms with Gasteiger partial charge >= 0.3 is 0 Å². The first-order valence-corrected chi connectivity index (χ1v) is 8.51. The normalized spacial score (nSPS) is 24.9. The quantitative estimate of drug-likeness (QED) is 0.556. The molecular formula is C15H27ClN2O2. The molecule has 2 saturated heterocycles. The predicted molar refractivity (Wildman–Crippen MR) is 81.2 cm³/mol. The highest BCUT2D eigenvalue weighted by Gasteiger charge is 2.22. The van der Waals surface area contributed by atoms with Gasteiger partial charge in [-0.15, -0.1) is 11.6 Å². The molecule has 2 heterocycles. The molecule has 4 nitrogen and oxygen atoms in total. The fourth-order valence-electron chi connectivity index (χ4n) is 3.01. The van der Waals surface area contributed by atoms with Crippen LogP contribution in [0.2, 0.25) is 0 Å². The fraction of sp³-hybridized carbons (Fsp3) is 0.933. The van der Waals surface area contributed by atoms with Gasteiger partial charge < -0.3 is 9.64 Å². The monoisotopic (exact) mass is 302 g/mol. The molecule has 0 aromatic heterocycles. The van der Waals surface area contributed by atoms with E-state index in [4.69, 9.17) is 16.3 Å². The number of carbonyl (C=O) groups excluding carboxylic acids is 1. The Balaban J connectivity index is 1.69. The molecule has 0 radical (unpaired) electrons. The maximum atomic E-state index is 12.1. The number of hydrogen-bond donors (Lipinski definition) is 0. The van der Waals surface area contributed by atoms with E-state index in [1.54, 1.807) is 0 Å². The molecule has 0 aromatic rings. The van der Waals surface area contributed by atoms with Gasteiger partial charge in [0, 0.05) is 45.1 Å². The predicted octanol–water partition coefficient (Wildman–Crippen LogP) is 2.11. The van der Waals surface area contributed by atoms with Crippen LogP contribution in [0.4, 0.5) is 0 Å². The smallest absolute Gasteiger partial charge is 0.222 e. The van der Waals surface area contributed by atoms with Crippen molar-refractivity contribution in [1.82, 2.24) is 9.80 Å². The molecule has 0 saturated carbocycles. The van der Waals surface area contributed by atoms with E-state index in [1.807, 2.05) is 4.90 Å². The molecule has 1 unspecified atom stereocenters. The first-order chi connectivity index (χ1) is 9.79. The number of rotatable bonds is 6. The van der Waals surface area contributed by atoms with Crippen LogP contribution >= 0.6 is 11.6 Å². The molecule has 0 N–H and O–H groups in total. The summed E-state index contributed by atoms with van der Waals surface area (Å²) in [6, 6.07) is 0. The SMILES string of the molecule is O=C(CCCCCl)N1CCCN(CC2CCCO2)CC1. The molecule has 116 valence electrons. The molecule has 2 rings (SSSR count). The van der Waals surface area contributed by atoms with E-state index >= 15 is 0 Å². The van der Waals surface area contributed by atoms with Crippen LogP contribution < -0.4 is 0 Å². The summed E-state index contributed by atoms with van der Waals surface area (Å²) in [7, 11) is 0. The van der Waals surface area contributed by atoms with E-state index in [0.29, 0.717) is 24.3 Å². The summed E-state index contributed by atoms with van der Waals surface area (Å²) < 4.78 is 5.70.